The molecule has 5 heteroatoms. The zero-order valence-corrected chi connectivity index (χ0v) is 13.3. The highest BCUT2D eigenvalue weighted by Crippen LogP contribution is 2.16. The molecule has 1 N–H and O–H groups in total. The summed E-state index contributed by atoms with van der Waals surface area (Å²) in [7, 11) is 0. The lowest BCUT2D eigenvalue weighted by atomic mass is 10.2. The van der Waals surface area contributed by atoms with Crippen molar-refractivity contribution < 1.29 is 9.13 Å². The molecule has 1 aromatic heterocycles. The minimum Gasteiger partial charge on any atom is -0.477 e. The first-order chi connectivity index (χ1) is 10.6. The lowest BCUT2D eigenvalue weighted by molar-refractivity contribution is 0.260. The summed E-state index contributed by atoms with van der Waals surface area (Å²) in [4.78, 5) is 8.80. The number of rotatable bonds is 7. The molecule has 0 aliphatic heterocycles. The summed E-state index contributed by atoms with van der Waals surface area (Å²) in [6, 6.07) is 8.20. The van der Waals surface area contributed by atoms with Gasteiger partial charge in [-0.1, -0.05) is 32.9 Å². The molecule has 0 radical (unpaired) electrons. The number of hydrogen-bond acceptors (Lipinski definition) is 4. The van der Waals surface area contributed by atoms with Crippen LogP contribution in [0.2, 0.25) is 0 Å². The summed E-state index contributed by atoms with van der Waals surface area (Å²) in [6.45, 7) is 7.39. The summed E-state index contributed by atoms with van der Waals surface area (Å²) < 4.78 is 18.6. The second kappa shape index (κ2) is 7.73. The van der Waals surface area contributed by atoms with Crippen LogP contribution in [-0.2, 0) is 13.0 Å². The lowest BCUT2D eigenvalue weighted by Gasteiger charge is -2.11. The Morgan fingerprint density at radius 2 is 1.91 bits per heavy atom. The molecule has 4 nitrogen and oxygen atoms in total. The fraction of sp³-hybridized carbons (Fsp3) is 0.412. The highest BCUT2D eigenvalue weighted by atomic mass is 19.1. The zero-order chi connectivity index (χ0) is 15.9. The van der Waals surface area contributed by atoms with Crippen molar-refractivity contribution in [1.29, 1.82) is 0 Å². The topological polar surface area (TPSA) is 47.0 Å². The van der Waals surface area contributed by atoms with Gasteiger partial charge in [0.05, 0.1) is 6.61 Å². The van der Waals surface area contributed by atoms with Crippen molar-refractivity contribution in [2.45, 2.75) is 33.7 Å². The Balaban J connectivity index is 2.05. The van der Waals surface area contributed by atoms with E-state index in [4.69, 9.17) is 4.74 Å². The molecule has 0 fully saturated rings. The molecule has 0 spiro atoms. The average Bonchev–Trinajstić information content (AvgIpc) is 2.52. The lowest BCUT2D eigenvalue weighted by Crippen LogP contribution is -2.09. The van der Waals surface area contributed by atoms with Crippen LogP contribution in [0.25, 0.3) is 0 Å². The largest absolute Gasteiger partial charge is 0.477 e. The van der Waals surface area contributed by atoms with Gasteiger partial charge in [-0.15, -0.1) is 0 Å². The van der Waals surface area contributed by atoms with Crippen molar-refractivity contribution in [1.82, 2.24) is 9.97 Å². The molecule has 2 aromatic rings. The molecular formula is C17H22FN3O. The Morgan fingerprint density at radius 3 is 2.55 bits per heavy atom. The van der Waals surface area contributed by atoms with Crippen molar-refractivity contribution in [3.8, 4) is 5.88 Å². The van der Waals surface area contributed by atoms with Crippen molar-refractivity contribution in [2.75, 3.05) is 11.9 Å². The van der Waals surface area contributed by atoms with E-state index in [9.17, 15) is 4.39 Å². The van der Waals surface area contributed by atoms with E-state index in [1.54, 1.807) is 18.2 Å². The molecule has 0 saturated carbocycles. The van der Waals surface area contributed by atoms with Gasteiger partial charge in [0.1, 0.15) is 17.5 Å². The number of benzene rings is 1. The molecule has 0 saturated heterocycles. The van der Waals surface area contributed by atoms with Gasteiger partial charge in [0, 0.05) is 19.0 Å². The summed E-state index contributed by atoms with van der Waals surface area (Å²) >= 11 is 0. The standard InChI is InChI=1S/C17H22FN3O/c1-4-15-20-16(9-17(21-15)22-11-12(2)3)19-10-13-5-7-14(18)8-6-13/h5-9,12H,4,10-11H2,1-3H3,(H,19,20,21). The Morgan fingerprint density at radius 1 is 1.18 bits per heavy atom. The maximum atomic E-state index is 12.9. The van der Waals surface area contributed by atoms with Gasteiger partial charge < -0.3 is 10.1 Å². The van der Waals surface area contributed by atoms with Crippen LogP contribution in [0.5, 0.6) is 5.88 Å². The molecule has 1 aromatic carbocycles. The van der Waals surface area contributed by atoms with E-state index in [1.165, 1.54) is 12.1 Å². The number of hydrogen-bond donors (Lipinski definition) is 1. The van der Waals surface area contributed by atoms with E-state index in [1.807, 2.05) is 6.92 Å². The molecule has 0 unspecified atom stereocenters. The summed E-state index contributed by atoms with van der Waals surface area (Å²) in [6.07, 6.45) is 0.740. The number of aryl methyl sites for hydroxylation is 1. The Hall–Kier alpha value is -2.17. The third-order valence-corrected chi connectivity index (χ3v) is 3.02. The number of halogens is 1. The average molecular weight is 303 g/mol. The minimum absolute atomic E-state index is 0.233. The SMILES string of the molecule is CCc1nc(NCc2ccc(F)cc2)cc(OCC(C)C)n1. The van der Waals surface area contributed by atoms with Crippen molar-refractivity contribution >= 4 is 5.82 Å². The predicted octanol–water partition coefficient (Wildman–Crippen LogP) is 3.83. The van der Waals surface area contributed by atoms with Crippen molar-refractivity contribution in [3.05, 3.63) is 47.5 Å². The number of nitrogens with zero attached hydrogens (tertiary/aromatic N) is 2. The van der Waals surface area contributed by atoms with Gasteiger partial charge in [-0.25, -0.2) is 9.37 Å². The van der Waals surface area contributed by atoms with Crippen LogP contribution in [0.1, 0.15) is 32.2 Å². The molecule has 22 heavy (non-hydrogen) atoms. The highest BCUT2D eigenvalue weighted by molar-refractivity contribution is 5.39. The second-order valence-corrected chi connectivity index (χ2v) is 5.55. The van der Waals surface area contributed by atoms with Crippen LogP contribution in [0.3, 0.4) is 0 Å². The maximum absolute atomic E-state index is 12.9. The number of ether oxygens (including phenoxy) is 1. The summed E-state index contributed by atoms with van der Waals surface area (Å²) in [5, 5.41) is 3.23. The second-order valence-electron chi connectivity index (χ2n) is 5.55. The normalized spacial score (nSPS) is 10.8. The summed E-state index contributed by atoms with van der Waals surface area (Å²) in [5.41, 5.74) is 0.989. The first-order valence-corrected chi connectivity index (χ1v) is 7.56. The third-order valence-electron chi connectivity index (χ3n) is 3.02. The van der Waals surface area contributed by atoms with Crippen LogP contribution >= 0.6 is 0 Å². The number of anilines is 1. The van der Waals surface area contributed by atoms with Crippen LogP contribution in [-0.4, -0.2) is 16.6 Å². The molecule has 0 bridgehead atoms. The van der Waals surface area contributed by atoms with Gasteiger partial charge in [0.15, 0.2) is 0 Å². The first kappa shape index (κ1) is 16.2. The molecule has 0 aliphatic rings. The van der Waals surface area contributed by atoms with Gasteiger partial charge in [-0.2, -0.15) is 4.98 Å². The maximum Gasteiger partial charge on any atom is 0.218 e. The fourth-order valence-corrected chi connectivity index (χ4v) is 1.84. The molecule has 0 atom stereocenters. The van der Waals surface area contributed by atoms with Crippen LogP contribution in [0, 0.1) is 11.7 Å². The fourth-order valence-electron chi connectivity index (χ4n) is 1.84. The molecule has 0 amide bonds. The summed E-state index contributed by atoms with van der Waals surface area (Å²) in [5.74, 6) is 2.25. The smallest absolute Gasteiger partial charge is 0.218 e. The van der Waals surface area contributed by atoms with E-state index in [2.05, 4.69) is 29.1 Å². The van der Waals surface area contributed by atoms with Crippen molar-refractivity contribution in [2.24, 2.45) is 5.92 Å². The molecule has 1 heterocycles. The predicted molar refractivity (Wildman–Crippen MR) is 85.5 cm³/mol. The Labute approximate surface area is 130 Å². The van der Waals surface area contributed by atoms with E-state index in [0.29, 0.717) is 24.9 Å². The molecule has 0 aliphatic carbocycles. The van der Waals surface area contributed by atoms with E-state index < -0.39 is 0 Å². The number of nitrogens with one attached hydrogen (secondary N) is 1. The zero-order valence-electron chi connectivity index (χ0n) is 13.3. The van der Waals surface area contributed by atoms with Crippen molar-refractivity contribution in [3.63, 3.8) is 0 Å². The number of aromatic nitrogens is 2. The molecule has 2 rings (SSSR count). The van der Waals surface area contributed by atoms with Gasteiger partial charge >= 0.3 is 0 Å². The van der Waals surface area contributed by atoms with Crippen LogP contribution in [0.4, 0.5) is 10.2 Å². The van der Waals surface area contributed by atoms with E-state index in [-0.39, 0.29) is 5.82 Å². The Bertz CT molecular complexity index is 599. The van der Waals surface area contributed by atoms with Gasteiger partial charge in [-0.05, 0) is 23.6 Å². The van der Waals surface area contributed by atoms with Crippen LogP contribution < -0.4 is 10.1 Å². The van der Waals surface area contributed by atoms with Gasteiger partial charge in [-0.3, -0.25) is 0 Å². The first-order valence-electron chi connectivity index (χ1n) is 7.56. The molecule has 118 valence electrons. The van der Waals surface area contributed by atoms with Gasteiger partial charge in [0.25, 0.3) is 0 Å². The minimum atomic E-state index is -0.233. The monoisotopic (exact) mass is 303 g/mol. The van der Waals surface area contributed by atoms with E-state index >= 15 is 0 Å². The Kier molecular flexibility index (Phi) is 5.69. The highest BCUT2D eigenvalue weighted by Gasteiger charge is 2.06. The van der Waals surface area contributed by atoms with Gasteiger partial charge in [0.2, 0.25) is 5.88 Å². The third kappa shape index (κ3) is 4.98. The quantitative estimate of drug-likeness (QED) is 0.844. The molecular weight excluding hydrogens is 281 g/mol. The van der Waals surface area contributed by atoms with Crippen LogP contribution in [0.15, 0.2) is 30.3 Å². The van der Waals surface area contributed by atoms with E-state index in [0.717, 1.165) is 23.6 Å².